The van der Waals surface area contributed by atoms with Gasteiger partial charge in [-0.15, -0.1) is 0 Å². The third-order valence-electron chi connectivity index (χ3n) is 35.1. The van der Waals surface area contributed by atoms with E-state index >= 15 is 0 Å². The molecule has 9 aliphatic carbocycles. The fourth-order valence-electron chi connectivity index (χ4n) is 27.1. The number of likely N-dealkylation sites (N-methyl/N-ethyl adjacent to an activating group) is 4. The quantitative estimate of drug-likeness (QED) is 0.238. The minimum Gasteiger partial charge on any atom is -0.371 e. The molecular weight excluding hydrogens is 1340 g/mol. The third-order valence-corrected chi connectivity index (χ3v) is 35.1. The fourth-order valence-corrected chi connectivity index (χ4v) is 27.1. The zero-order chi connectivity index (χ0) is 78.2. The molecule has 2 bridgehead atoms. The lowest BCUT2D eigenvalue weighted by atomic mass is 9.79. The molecule has 15 fully saturated rings. The smallest absolute Gasteiger partial charge is 0.0399 e. The number of rotatable bonds is 0. The molecule has 28 unspecified atom stereocenters. The summed E-state index contributed by atoms with van der Waals surface area (Å²) >= 11 is 0. The Labute approximate surface area is 679 Å². The molecule has 0 aromatic heterocycles. The van der Waals surface area contributed by atoms with Gasteiger partial charge in [0, 0.05) is 129 Å². The highest BCUT2D eigenvalue weighted by Crippen LogP contribution is 2.56. The topological polar surface area (TPSA) is 32.4 Å². The minimum absolute atomic E-state index is 0.674. The SMILES string of the molecule is CC1C2CCCC2CN1C.CC1C2CCCCC2CN1C.CC1CC2C3CCC(C3)C2N1C.CC1CC2CC=CC2N1C.CC1CC2CCC=CC2N1C.CC1CC2CCCC2N1C.CC1CC2CCCCC2N1C.CC1CC2CCCCCC2N1C.CC1Cc2ccccc2CN1C.CC1Cc2ccccc2N1C. The largest absolute Gasteiger partial charge is 0.371 e. The highest BCUT2D eigenvalue weighted by molar-refractivity contribution is 5.58. The summed E-state index contributed by atoms with van der Waals surface area (Å²) in [7, 11) is 22.7. The molecule has 10 heteroatoms. The fraction of sp³-hybridized carbons (Fsp3) is 0.840. The summed E-state index contributed by atoms with van der Waals surface area (Å²) < 4.78 is 0. The van der Waals surface area contributed by atoms with Gasteiger partial charge in [-0.05, 0) is 381 Å². The second-order valence-electron chi connectivity index (χ2n) is 41.4. The monoisotopic (exact) mass is 1510 g/mol. The van der Waals surface area contributed by atoms with Crippen molar-refractivity contribution in [1.29, 1.82) is 0 Å². The first-order chi connectivity index (χ1) is 52.8. The van der Waals surface area contributed by atoms with Crippen LogP contribution < -0.4 is 4.90 Å². The van der Waals surface area contributed by atoms with Crippen molar-refractivity contribution in [2.45, 2.75) is 384 Å². The van der Waals surface area contributed by atoms with E-state index in [1.165, 1.54) is 235 Å². The maximum Gasteiger partial charge on any atom is 0.0399 e. The molecule has 2 aromatic rings. The van der Waals surface area contributed by atoms with E-state index in [2.05, 4.69) is 262 Å². The van der Waals surface area contributed by atoms with Gasteiger partial charge in [-0.25, -0.2) is 0 Å². The summed E-state index contributed by atoms with van der Waals surface area (Å²) in [6.07, 6.45) is 57.4. The summed E-state index contributed by atoms with van der Waals surface area (Å²) in [5, 5.41) is 0. The van der Waals surface area contributed by atoms with Gasteiger partial charge in [0.25, 0.3) is 0 Å². The van der Waals surface area contributed by atoms with E-state index in [-0.39, 0.29) is 0 Å². The Kier molecular flexibility index (Phi) is 31.7. The van der Waals surface area contributed by atoms with E-state index in [1.807, 2.05) is 0 Å². The molecule has 21 rings (SSSR count). The number of likely N-dealkylation sites (tertiary alicyclic amines) is 8. The normalized spacial score (nSPS) is 42.5. The number of benzene rings is 2. The van der Waals surface area contributed by atoms with Gasteiger partial charge < -0.3 is 34.3 Å². The molecular formula is C100H172N10. The number of anilines is 1. The average molecular weight is 1510 g/mol. The highest BCUT2D eigenvalue weighted by Gasteiger charge is 2.54. The lowest BCUT2D eigenvalue weighted by molar-refractivity contribution is 0.177. The Bertz CT molecular complexity index is 3030. The lowest BCUT2D eigenvalue weighted by Gasteiger charge is -2.31. The van der Waals surface area contributed by atoms with Gasteiger partial charge in [0.1, 0.15) is 0 Å². The van der Waals surface area contributed by atoms with Crippen molar-refractivity contribution in [1.82, 2.24) is 44.1 Å². The summed E-state index contributed by atoms with van der Waals surface area (Å²) in [5.41, 5.74) is 5.92. The van der Waals surface area contributed by atoms with Crippen molar-refractivity contribution in [2.75, 3.05) is 88.5 Å². The van der Waals surface area contributed by atoms with Gasteiger partial charge in [0.15, 0.2) is 0 Å². The maximum atomic E-state index is 2.66. The van der Waals surface area contributed by atoms with E-state index in [0.29, 0.717) is 12.1 Å². The van der Waals surface area contributed by atoms with Crippen molar-refractivity contribution in [2.24, 2.45) is 71.0 Å². The lowest BCUT2D eigenvalue weighted by Crippen LogP contribution is -2.36. The minimum atomic E-state index is 0.674. The highest BCUT2D eigenvalue weighted by atomic mass is 15.2. The van der Waals surface area contributed by atoms with Crippen LogP contribution in [0.2, 0.25) is 0 Å². The number of hydrogen-bond acceptors (Lipinski definition) is 10. The van der Waals surface area contributed by atoms with Gasteiger partial charge in [0.2, 0.25) is 0 Å². The van der Waals surface area contributed by atoms with E-state index in [0.717, 1.165) is 162 Å². The number of allylic oxidation sites excluding steroid dienone is 2. The van der Waals surface area contributed by atoms with Crippen LogP contribution in [0.4, 0.5) is 5.69 Å². The van der Waals surface area contributed by atoms with Gasteiger partial charge in [-0.3, -0.25) is 14.7 Å². The molecule has 10 heterocycles. The first-order valence-corrected chi connectivity index (χ1v) is 47.5. The van der Waals surface area contributed by atoms with Gasteiger partial charge >= 0.3 is 0 Å². The molecule has 7 saturated carbocycles. The van der Waals surface area contributed by atoms with E-state index in [9.17, 15) is 0 Å². The molecule has 8 saturated heterocycles. The van der Waals surface area contributed by atoms with Gasteiger partial charge in [0.05, 0.1) is 0 Å². The molecule has 28 atom stereocenters. The average Bonchev–Trinajstić information content (AvgIpc) is 1.59. The molecule has 110 heavy (non-hydrogen) atoms. The van der Waals surface area contributed by atoms with Crippen LogP contribution in [0, 0.1) is 71.0 Å². The Morgan fingerprint density at radius 3 is 1.29 bits per heavy atom. The predicted octanol–water partition coefficient (Wildman–Crippen LogP) is 20.6. The van der Waals surface area contributed by atoms with Crippen LogP contribution in [0.15, 0.2) is 72.8 Å². The zero-order valence-electron chi connectivity index (χ0n) is 75.0. The van der Waals surface area contributed by atoms with E-state index in [4.69, 9.17) is 0 Å². The molecule has 0 amide bonds. The van der Waals surface area contributed by atoms with Gasteiger partial charge in [-0.1, -0.05) is 125 Å². The van der Waals surface area contributed by atoms with Crippen molar-refractivity contribution < 1.29 is 0 Å². The van der Waals surface area contributed by atoms with Crippen LogP contribution >= 0.6 is 0 Å². The number of fused-ring (bicyclic) bond motifs is 14. The summed E-state index contributed by atoms with van der Waals surface area (Å²) in [5.74, 6) is 12.5. The Balaban J connectivity index is 0.000000114. The number of para-hydroxylation sites is 1. The summed E-state index contributed by atoms with van der Waals surface area (Å²) in [4.78, 5) is 25.3. The second kappa shape index (κ2) is 40.2. The summed E-state index contributed by atoms with van der Waals surface area (Å²) in [6.45, 7) is 27.4. The van der Waals surface area contributed by atoms with E-state index in [1.54, 1.807) is 12.8 Å². The van der Waals surface area contributed by atoms with E-state index < -0.39 is 0 Å². The Morgan fingerprint density at radius 1 is 0.291 bits per heavy atom. The van der Waals surface area contributed by atoms with Gasteiger partial charge in [-0.2, -0.15) is 0 Å². The second-order valence-corrected chi connectivity index (χ2v) is 41.4. The predicted molar refractivity (Wildman–Crippen MR) is 473 cm³/mol. The van der Waals surface area contributed by atoms with Crippen LogP contribution in [0.25, 0.3) is 0 Å². The molecule has 19 aliphatic rings. The summed E-state index contributed by atoms with van der Waals surface area (Å²) in [6, 6.07) is 30.8. The molecule has 0 spiro atoms. The molecule has 10 aliphatic heterocycles. The molecule has 2 aromatic carbocycles. The van der Waals surface area contributed by atoms with Crippen LogP contribution in [0.5, 0.6) is 0 Å². The van der Waals surface area contributed by atoms with Crippen LogP contribution in [0.1, 0.15) is 285 Å². The molecule has 10 nitrogen and oxygen atoms in total. The van der Waals surface area contributed by atoms with Crippen LogP contribution in [-0.4, -0.2) is 224 Å². The van der Waals surface area contributed by atoms with Crippen LogP contribution in [0.3, 0.4) is 0 Å². The van der Waals surface area contributed by atoms with Crippen molar-refractivity contribution in [3.05, 3.63) is 89.5 Å². The third kappa shape index (κ3) is 20.7. The number of nitrogens with zero attached hydrogens (tertiary/aromatic N) is 10. The standard InChI is InChI=1S/C11H19N.C11H15N.C11H21N.2C10H19N.C10H17N.C10H13N.2C9H17N.C9H15N/c1-7-5-10-8-3-4-9(6-8)11(10)12(7)2;1-9-7-10-5-3-4-6-11(10)8-12(9)2;1-9-8-10-6-4-3-5-7-11(10)12(9)2;1-8-10-6-4-3-5-9(10)7-11(8)2;3*1-8-7-9-5-3-4-6-10(9)11(8)2;1-7-9-5-3-4-8(9)6-10(7)2;2*1-7-6-8-4-3-5-9(8)10(7)2/h7-11H,3-6H2,1-2H3;3-6,9H,7-8H2,1-2H3;9-11H,3-8H2,1-2H3;2*8-10H,3-7H2,1-2H3;4,6,8-10H,3,5,7H2,1-2H3;3-6,8H,7H2,1-2H3;2*7-9H,3-6H2,1-2H3;3,5,7-9H,4,6H2,1-2H3. The van der Waals surface area contributed by atoms with Crippen LogP contribution in [-0.2, 0) is 19.4 Å². The van der Waals surface area contributed by atoms with Crippen molar-refractivity contribution in [3.8, 4) is 0 Å². The number of hydrogen-bond donors (Lipinski definition) is 0. The zero-order valence-corrected chi connectivity index (χ0v) is 75.0. The molecule has 0 radical (unpaired) electrons. The maximum absolute atomic E-state index is 2.66. The Hall–Kier alpha value is -2.64. The Morgan fingerprint density at radius 2 is 0.718 bits per heavy atom. The first-order valence-electron chi connectivity index (χ1n) is 47.5. The first kappa shape index (κ1) is 86.7. The van der Waals surface area contributed by atoms with Crippen molar-refractivity contribution in [3.63, 3.8) is 0 Å². The van der Waals surface area contributed by atoms with Crippen molar-refractivity contribution >= 4 is 5.69 Å². The molecule has 622 valence electrons. The molecule has 0 N–H and O–H groups in total.